The Bertz CT molecular complexity index is 880. The third-order valence-corrected chi connectivity index (χ3v) is 6.91. The molecule has 0 aliphatic carbocycles. The van der Waals surface area contributed by atoms with Gasteiger partial charge in [0.2, 0.25) is 0 Å². The number of hydrogen-bond acceptors (Lipinski definition) is 9. The first kappa shape index (κ1) is 19.7. The molecule has 30 heavy (non-hydrogen) atoms. The summed E-state index contributed by atoms with van der Waals surface area (Å²) in [4.78, 5) is 23.1. The van der Waals surface area contributed by atoms with Crippen LogP contribution in [0.1, 0.15) is 13.3 Å². The van der Waals surface area contributed by atoms with Gasteiger partial charge >= 0.3 is 6.09 Å². The van der Waals surface area contributed by atoms with Crippen molar-refractivity contribution < 1.29 is 14.3 Å². The van der Waals surface area contributed by atoms with Gasteiger partial charge in [-0.15, -0.1) is 10.2 Å². The van der Waals surface area contributed by atoms with Crippen LogP contribution in [0.4, 0.5) is 10.6 Å². The number of rotatable bonds is 4. The Morgan fingerprint density at radius 1 is 1.33 bits per heavy atom. The highest BCUT2D eigenvalue weighted by Crippen LogP contribution is 2.38. The fourth-order valence-corrected chi connectivity index (χ4v) is 5.25. The van der Waals surface area contributed by atoms with Gasteiger partial charge in [-0.1, -0.05) is 11.3 Å². The highest BCUT2D eigenvalue weighted by atomic mass is 32.1. The molecule has 3 aliphatic rings. The molecule has 9 nitrogen and oxygen atoms in total. The van der Waals surface area contributed by atoms with Gasteiger partial charge in [-0.2, -0.15) is 0 Å². The summed E-state index contributed by atoms with van der Waals surface area (Å²) in [7, 11) is 0. The van der Waals surface area contributed by atoms with Crippen LogP contribution in [0, 0.1) is 0 Å². The van der Waals surface area contributed by atoms with Gasteiger partial charge < -0.3 is 19.3 Å². The van der Waals surface area contributed by atoms with Crippen LogP contribution in [0.3, 0.4) is 0 Å². The lowest BCUT2D eigenvalue weighted by atomic mass is 9.89. The van der Waals surface area contributed by atoms with Crippen molar-refractivity contribution in [2.75, 3.05) is 57.4 Å². The van der Waals surface area contributed by atoms with Gasteiger partial charge in [0.05, 0.1) is 31.9 Å². The molecule has 1 spiro atoms. The second kappa shape index (κ2) is 8.09. The molecule has 0 saturated carbocycles. The smallest absolute Gasteiger partial charge is 0.409 e. The summed E-state index contributed by atoms with van der Waals surface area (Å²) in [6, 6.07) is 4.42. The Morgan fingerprint density at radius 2 is 2.17 bits per heavy atom. The van der Waals surface area contributed by atoms with Crippen molar-refractivity contribution in [2.45, 2.75) is 25.0 Å². The van der Waals surface area contributed by atoms with Gasteiger partial charge in [0.25, 0.3) is 0 Å². The van der Waals surface area contributed by atoms with Crippen LogP contribution in [-0.2, 0) is 9.47 Å². The number of anilines is 1. The third kappa shape index (κ3) is 3.63. The van der Waals surface area contributed by atoms with Crippen molar-refractivity contribution in [3.8, 4) is 10.6 Å². The van der Waals surface area contributed by atoms with E-state index >= 15 is 0 Å². The maximum atomic E-state index is 11.9. The number of carbonyl (C=O) groups is 1. The molecule has 5 rings (SSSR count). The minimum atomic E-state index is -0.231. The molecule has 0 N–H and O–H groups in total. The molecule has 2 aromatic rings. The van der Waals surface area contributed by atoms with Crippen molar-refractivity contribution in [3.63, 3.8) is 0 Å². The Kier molecular flexibility index (Phi) is 5.30. The highest BCUT2D eigenvalue weighted by molar-refractivity contribution is 7.12. The van der Waals surface area contributed by atoms with E-state index in [0.29, 0.717) is 25.7 Å². The van der Waals surface area contributed by atoms with Gasteiger partial charge in [0, 0.05) is 38.4 Å². The largest absolute Gasteiger partial charge is 0.450 e. The zero-order chi connectivity index (χ0) is 20.6. The second-order valence-electron chi connectivity index (χ2n) is 8.05. The van der Waals surface area contributed by atoms with E-state index in [1.165, 1.54) is 11.3 Å². The Balaban J connectivity index is 1.17. The molecule has 5 heterocycles. The number of nitrogens with zero attached hydrogens (tertiary/aromatic N) is 6. The monoisotopic (exact) mass is 430 g/mol. The zero-order valence-corrected chi connectivity index (χ0v) is 17.9. The van der Waals surface area contributed by atoms with Crippen molar-refractivity contribution in [2.24, 2.45) is 0 Å². The molecule has 10 heteroatoms. The van der Waals surface area contributed by atoms with Gasteiger partial charge in [0.1, 0.15) is 16.9 Å². The fourth-order valence-electron chi connectivity index (χ4n) is 4.67. The molecule has 1 amide bonds. The molecular formula is C20H26N6O3S. The lowest BCUT2D eigenvalue weighted by molar-refractivity contribution is -0.101. The average Bonchev–Trinajstić information content (AvgIpc) is 3.43. The van der Waals surface area contributed by atoms with Crippen LogP contribution in [0.15, 0.2) is 23.8 Å². The van der Waals surface area contributed by atoms with Gasteiger partial charge in [0.15, 0.2) is 5.01 Å². The molecule has 3 fully saturated rings. The van der Waals surface area contributed by atoms with E-state index in [-0.39, 0.29) is 11.7 Å². The topological polar surface area (TPSA) is 83.9 Å². The van der Waals surface area contributed by atoms with E-state index in [1.807, 2.05) is 19.2 Å². The van der Waals surface area contributed by atoms with E-state index in [1.54, 1.807) is 10.4 Å². The molecule has 1 atom stereocenters. The number of pyridine rings is 1. The minimum absolute atomic E-state index is 0.180. The maximum absolute atomic E-state index is 11.9. The quantitative estimate of drug-likeness (QED) is 0.725. The molecule has 3 aliphatic heterocycles. The van der Waals surface area contributed by atoms with Crippen LogP contribution in [-0.4, -0.2) is 95.2 Å². The molecule has 3 saturated heterocycles. The molecule has 0 aromatic carbocycles. The summed E-state index contributed by atoms with van der Waals surface area (Å²) in [5, 5.41) is 9.10. The molecule has 0 unspecified atom stereocenters. The highest BCUT2D eigenvalue weighted by Gasteiger charge is 2.52. The Labute approximate surface area is 179 Å². The SMILES string of the molecule is CCOC(=O)N1CC2(C[C@@H](N3CCN(c4ncccc4-c4nncs4)CC3)CO2)C1. The molecular weight excluding hydrogens is 404 g/mol. The Morgan fingerprint density at radius 3 is 2.90 bits per heavy atom. The van der Waals surface area contributed by atoms with Gasteiger partial charge in [-0.05, 0) is 25.5 Å². The fraction of sp³-hybridized carbons (Fsp3) is 0.600. The first-order valence-electron chi connectivity index (χ1n) is 10.4. The van der Waals surface area contributed by atoms with Gasteiger partial charge in [-0.25, -0.2) is 9.78 Å². The van der Waals surface area contributed by atoms with Crippen molar-refractivity contribution in [1.29, 1.82) is 0 Å². The normalized spacial score (nSPS) is 23.6. The third-order valence-electron chi connectivity index (χ3n) is 6.18. The van der Waals surface area contributed by atoms with E-state index in [2.05, 4.69) is 31.0 Å². The minimum Gasteiger partial charge on any atom is -0.450 e. The predicted molar refractivity (Wildman–Crippen MR) is 113 cm³/mol. The van der Waals surface area contributed by atoms with E-state index in [9.17, 15) is 4.79 Å². The first-order chi connectivity index (χ1) is 14.7. The van der Waals surface area contributed by atoms with E-state index < -0.39 is 0 Å². The van der Waals surface area contributed by atoms with Crippen LogP contribution in [0.5, 0.6) is 0 Å². The van der Waals surface area contributed by atoms with Crippen LogP contribution in [0.25, 0.3) is 10.6 Å². The van der Waals surface area contributed by atoms with E-state index in [4.69, 9.17) is 9.47 Å². The molecule has 160 valence electrons. The summed E-state index contributed by atoms with van der Waals surface area (Å²) >= 11 is 1.54. The summed E-state index contributed by atoms with van der Waals surface area (Å²) in [6.45, 7) is 8.03. The molecule has 2 aromatic heterocycles. The standard InChI is InChI=1S/C20H26N6O3S/c1-2-28-19(27)26-12-20(13-26)10-15(11-29-20)24-6-8-25(9-7-24)17-16(4-3-5-21-17)18-23-22-14-30-18/h3-5,14-15H,2,6-13H2,1H3/t15-/m1/s1. The average molecular weight is 431 g/mol. The number of ether oxygens (including phenoxy) is 2. The van der Waals surface area contributed by atoms with Crippen molar-refractivity contribution in [1.82, 2.24) is 25.0 Å². The first-order valence-corrected chi connectivity index (χ1v) is 11.3. The van der Waals surface area contributed by atoms with Crippen molar-refractivity contribution in [3.05, 3.63) is 23.8 Å². The second-order valence-corrected chi connectivity index (χ2v) is 8.88. The summed E-state index contributed by atoms with van der Waals surface area (Å²) in [5.74, 6) is 0.983. The summed E-state index contributed by atoms with van der Waals surface area (Å²) in [5.41, 5.74) is 2.62. The Hall–Kier alpha value is -2.30. The number of likely N-dealkylation sites (tertiary alicyclic amines) is 1. The lowest BCUT2D eigenvalue weighted by Gasteiger charge is -2.46. The lowest BCUT2D eigenvalue weighted by Crippen LogP contribution is -2.63. The van der Waals surface area contributed by atoms with Crippen LogP contribution in [0.2, 0.25) is 0 Å². The summed E-state index contributed by atoms with van der Waals surface area (Å²) < 4.78 is 11.2. The number of aromatic nitrogens is 3. The number of hydrogen-bond donors (Lipinski definition) is 0. The van der Waals surface area contributed by atoms with E-state index in [0.717, 1.165) is 55.6 Å². The maximum Gasteiger partial charge on any atom is 0.409 e. The molecule has 0 radical (unpaired) electrons. The zero-order valence-electron chi connectivity index (χ0n) is 17.1. The predicted octanol–water partition coefficient (Wildman–Crippen LogP) is 1.72. The number of piperazine rings is 1. The van der Waals surface area contributed by atoms with Gasteiger partial charge in [-0.3, -0.25) is 4.90 Å². The molecule has 0 bridgehead atoms. The number of carbonyl (C=O) groups excluding carboxylic acids is 1. The number of amides is 1. The van der Waals surface area contributed by atoms with Crippen LogP contribution < -0.4 is 4.90 Å². The van der Waals surface area contributed by atoms with Crippen LogP contribution >= 0.6 is 11.3 Å². The van der Waals surface area contributed by atoms with Crippen molar-refractivity contribution >= 4 is 23.2 Å². The summed E-state index contributed by atoms with van der Waals surface area (Å²) in [6.07, 6.45) is 2.58.